The Kier molecular flexibility index (Phi) is 1.94. The molecular formula is C7H9NO3. The fourth-order valence-corrected chi connectivity index (χ4v) is 1.14. The van der Waals surface area contributed by atoms with Crippen LogP contribution in [-0.2, 0) is 9.59 Å². The van der Waals surface area contributed by atoms with Crippen molar-refractivity contribution >= 4 is 11.9 Å². The summed E-state index contributed by atoms with van der Waals surface area (Å²) in [6.45, 7) is 3.45. The predicted octanol–water partition coefficient (Wildman–Crippen LogP) is -0.238. The van der Waals surface area contributed by atoms with Crippen molar-refractivity contribution in [3.05, 3.63) is 12.7 Å². The van der Waals surface area contributed by atoms with Crippen molar-refractivity contribution in [2.24, 2.45) is 5.92 Å². The average molecular weight is 155 g/mol. The molecule has 60 valence electrons. The number of carbonyl (C=O) groups excluding carboxylic acids is 1. The molecule has 2 N–H and O–H groups in total. The molecule has 4 heteroatoms. The van der Waals surface area contributed by atoms with Gasteiger partial charge < -0.3 is 10.4 Å². The molecule has 0 aromatic rings. The predicted molar refractivity (Wildman–Crippen MR) is 37.9 cm³/mol. The molecule has 1 rings (SSSR count). The number of carbonyl (C=O) groups is 2. The first-order valence-corrected chi connectivity index (χ1v) is 3.30. The number of nitrogens with one attached hydrogen (secondary N) is 1. The first-order valence-electron chi connectivity index (χ1n) is 3.30. The highest BCUT2D eigenvalue weighted by molar-refractivity contribution is 5.88. The van der Waals surface area contributed by atoms with Crippen LogP contribution in [0.3, 0.4) is 0 Å². The number of rotatable bonds is 2. The summed E-state index contributed by atoms with van der Waals surface area (Å²) in [7, 11) is 0. The topological polar surface area (TPSA) is 66.4 Å². The fraction of sp³-hybridized carbons (Fsp3) is 0.429. The zero-order chi connectivity index (χ0) is 8.43. The van der Waals surface area contributed by atoms with Crippen LogP contribution >= 0.6 is 0 Å². The first-order chi connectivity index (χ1) is 5.15. The third-order valence-electron chi connectivity index (χ3n) is 1.73. The van der Waals surface area contributed by atoms with Crippen LogP contribution in [0.25, 0.3) is 0 Å². The van der Waals surface area contributed by atoms with Gasteiger partial charge in [0.25, 0.3) is 0 Å². The van der Waals surface area contributed by atoms with Crippen LogP contribution in [0, 0.1) is 5.92 Å². The lowest BCUT2D eigenvalue weighted by Crippen LogP contribution is -2.36. The summed E-state index contributed by atoms with van der Waals surface area (Å²) < 4.78 is 0. The molecule has 0 bridgehead atoms. The van der Waals surface area contributed by atoms with Crippen LogP contribution in [-0.4, -0.2) is 23.0 Å². The quantitative estimate of drug-likeness (QED) is 0.541. The molecule has 0 saturated carbocycles. The molecule has 0 aliphatic carbocycles. The van der Waals surface area contributed by atoms with Gasteiger partial charge in [0.05, 0.1) is 0 Å². The molecule has 0 spiro atoms. The average Bonchev–Trinajstić information content (AvgIpc) is 2.30. The fourth-order valence-electron chi connectivity index (χ4n) is 1.14. The molecule has 11 heavy (non-hydrogen) atoms. The molecular weight excluding hydrogens is 146 g/mol. The minimum Gasteiger partial charge on any atom is -0.480 e. The largest absolute Gasteiger partial charge is 0.480 e. The molecule has 2 unspecified atom stereocenters. The monoisotopic (exact) mass is 155 g/mol. The van der Waals surface area contributed by atoms with Crippen LogP contribution in [0.5, 0.6) is 0 Å². The van der Waals surface area contributed by atoms with Crippen molar-refractivity contribution in [3.8, 4) is 0 Å². The maximum Gasteiger partial charge on any atom is 0.326 e. The van der Waals surface area contributed by atoms with E-state index in [0.717, 1.165) is 0 Å². The van der Waals surface area contributed by atoms with Crippen LogP contribution < -0.4 is 5.32 Å². The number of carboxylic acids is 1. The van der Waals surface area contributed by atoms with Gasteiger partial charge in [0.1, 0.15) is 6.04 Å². The van der Waals surface area contributed by atoms with E-state index < -0.39 is 12.0 Å². The highest BCUT2D eigenvalue weighted by Gasteiger charge is 2.35. The van der Waals surface area contributed by atoms with Gasteiger partial charge in [0.15, 0.2) is 0 Å². The van der Waals surface area contributed by atoms with Crippen LogP contribution in [0.1, 0.15) is 6.42 Å². The van der Waals surface area contributed by atoms with Crippen molar-refractivity contribution in [3.63, 3.8) is 0 Å². The molecule has 1 aliphatic rings. The van der Waals surface area contributed by atoms with E-state index in [1.165, 1.54) is 6.08 Å². The molecule has 0 aromatic carbocycles. The first kappa shape index (κ1) is 7.78. The molecule has 0 radical (unpaired) electrons. The van der Waals surface area contributed by atoms with Gasteiger partial charge in [-0.25, -0.2) is 4.79 Å². The minimum absolute atomic E-state index is 0.220. The van der Waals surface area contributed by atoms with Gasteiger partial charge in [-0.3, -0.25) is 4.79 Å². The maximum absolute atomic E-state index is 10.7. The lowest BCUT2D eigenvalue weighted by molar-refractivity contribution is -0.140. The third-order valence-corrected chi connectivity index (χ3v) is 1.73. The lowest BCUT2D eigenvalue weighted by atomic mass is 10.0. The van der Waals surface area contributed by atoms with E-state index in [4.69, 9.17) is 5.11 Å². The Morgan fingerprint density at radius 2 is 2.45 bits per heavy atom. The molecule has 2 atom stereocenters. The molecule has 0 aromatic heterocycles. The molecule has 1 aliphatic heterocycles. The van der Waals surface area contributed by atoms with Crippen LogP contribution in [0.2, 0.25) is 0 Å². The van der Waals surface area contributed by atoms with Gasteiger partial charge >= 0.3 is 5.97 Å². The Morgan fingerprint density at radius 1 is 1.82 bits per heavy atom. The second-order valence-electron chi connectivity index (χ2n) is 2.49. The third kappa shape index (κ3) is 1.39. The summed E-state index contributed by atoms with van der Waals surface area (Å²) in [4.78, 5) is 21.2. The summed E-state index contributed by atoms with van der Waals surface area (Å²) >= 11 is 0. The smallest absolute Gasteiger partial charge is 0.326 e. The van der Waals surface area contributed by atoms with Crippen LogP contribution in [0.4, 0.5) is 0 Å². The van der Waals surface area contributed by atoms with E-state index in [-0.39, 0.29) is 18.2 Å². The van der Waals surface area contributed by atoms with Crippen LogP contribution in [0.15, 0.2) is 12.7 Å². The van der Waals surface area contributed by atoms with Gasteiger partial charge in [-0.15, -0.1) is 6.58 Å². The molecule has 1 saturated heterocycles. The van der Waals surface area contributed by atoms with E-state index in [1.54, 1.807) is 0 Å². The van der Waals surface area contributed by atoms with Crippen molar-refractivity contribution in [1.29, 1.82) is 0 Å². The summed E-state index contributed by atoms with van der Waals surface area (Å²) in [5, 5.41) is 10.9. The number of aliphatic carboxylic acids is 1. The van der Waals surface area contributed by atoms with E-state index in [1.807, 2.05) is 0 Å². The number of hydrogen-bond acceptors (Lipinski definition) is 2. The zero-order valence-corrected chi connectivity index (χ0v) is 5.91. The zero-order valence-electron chi connectivity index (χ0n) is 5.91. The Labute approximate surface area is 63.9 Å². The van der Waals surface area contributed by atoms with Gasteiger partial charge in [-0.2, -0.15) is 0 Å². The van der Waals surface area contributed by atoms with Gasteiger partial charge in [-0.05, 0) is 0 Å². The van der Waals surface area contributed by atoms with Crippen molar-refractivity contribution in [2.45, 2.75) is 12.5 Å². The van der Waals surface area contributed by atoms with Crippen molar-refractivity contribution in [1.82, 2.24) is 5.32 Å². The van der Waals surface area contributed by atoms with E-state index in [9.17, 15) is 9.59 Å². The number of amides is 1. The Bertz CT molecular complexity index is 212. The van der Waals surface area contributed by atoms with E-state index >= 15 is 0 Å². The SMILES string of the molecule is C=CC1CC(=O)NC1C(=O)O. The summed E-state index contributed by atoms with van der Waals surface area (Å²) in [6.07, 6.45) is 1.73. The summed E-state index contributed by atoms with van der Waals surface area (Å²) in [5.41, 5.74) is 0. The Morgan fingerprint density at radius 3 is 2.82 bits per heavy atom. The summed E-state index contributed by atoms with van der Waals surface area (Å²) in [5.74, 6) is -1.48. The summed E-state index contributed by atoms with van der Waals surface area (Å²) in [6, 6.07) is -0.778. The standard InChI is InChI=1S/C7H9NO3/c1-2-4-3-5(9)8-6(4)7(10)11/h2,4,6H,1,3H2,(H,8,9)(H,10,11). The lowest BCUT2D eigenvalue weighted by Gasteiger charge is -2.08. The molecule has 4 nitrogen and oxygen atoms in total. The van der Waals surface area contributed by atoms with E-state index in [0.29, 0.717) is 0 Å². The van der Waals surface area contributed by atoms with Crippen molar-refractivity contribution in [2.75, 3.05) is 0 Å². The molecule has 1 amide bonds. The molecule has 1 heterocycles. The molecule has 1 fully saturated rings. The van der Waals surface area contributed by atoms with Gasteiger partial charge in [-0.1, -0.05) is 6.08 Å². The van der Waals surface area contributed by atoms with Gasteiger partial charge in [0, 0.05) is 12.3 Å². The number of carboxylic acid groups (broad SMARTS) is 1. The Hall–Kier alpha value is -1.32. The van der Waals surface area contributed by atoms with Crippen molar-refractivity contribution < 1.29 is 14.7 Å². The maximum atomic E-state index is 10.7. The number of hydrogen-bond donors (Lipinski definition) is 2. The normalized spacial score (nSPS) is 29.6. The highest BCUT2D eigenvalue weighted by atomic mass is 16.4. The second kappa shape index (κ2) is 2.74. The highest BCUT2D eigenvalue weighted by Crippen LogP contribution is 2.17. The second-order valence-corrected chi connectivity index (χ2v) is 2.49. The minimum atomic E-state index is -0.999. The van der Waals surface area contributed by atoms with Gasteiger partial charge in [0.2, 0.25) is 5.91 Å². The van der Waals surface area contributed by atoms with E-state index in [2.05, 4.69) is 11.9 Å². The Balaban J connectivity index is 2.72.